The van der Waals surface area contributed by atoms with Crippen LogP contribution in [0.25, 0.3) is 6.08 Å². The highest BCUT2D eigenvalue weighted by atomic mass is 16.5. The predicted octanol–water partition coefficient (Wildman–Crippen LogP) is 1.75. The highest BCUT2D eigenvalue weighted by Gasteiger charge is 2.12. The summed E-state index contributed by atoms with van der Waals surface area (Å²) in [5.74, 6) is 0.162. The van der Waals surface area contributed by atoms with Crippen LogP contribution >= 0.6 is 0 Å². The number of rotatable bonds is 9. The number of methoxy groups -OCH3 is 3. The van der Waals surface area contributed by atoms with Crippen LogP contribution in [0.15, 0.2) is 18.2 Å². The third kappa shape index (κ3) is 7.56. The molecular formula is C19H26N2O7. The zero-order valence-electron chi connectivity index (χ0n) is 16.7. The Morgan fingerprint density at radius 2 is 1.61 bits per heavy atom. The number of nitrogens with one attached hydrogen (secondary N) is 2. The first-order valence-electron chi connectivity index (χ1n) is 8.53. The van der Waals surface area contributed by atoms with E-state index in [4.69, 9.17) is 18.9 Å². The molecule has 0 aromatic heterocycles. The molecular weight excluding hydrogens is 368 g/mol. The number of benzene rings is 1. The molecule has 0 fully saturated rings. The molecule has 0 saturated carbocycles. The molecule has 0 saturated heterocycles. The van der Waals surface area contributed by atoms with E-state index in [1.54, 1.807) is 12.1 Å². The fourth-order valence-corrected chi connectivity index (χ4v) is 2.03. The lowest BCUT2D eigenvalue weighted by Gasteiger charge is -2.12. The molecule has 1 aromatic carbocycles. The van der Waals surface area contributed by atoms with Gasteiger partial charge in [0, 0.05) is 24.3 Å². The van der Waals surface area contributed by atoms with Crippen molar-refractivity contribution in [3.63, 3.8) is 0 Å². The molecule has 0 atom stereocenters. The summed E-state index contributed by atoms with van der Waals surface area (Å²) < 4.78 is 20.5. The van der Waals surface area contributed by atoms with Crippen molar-refractivity contribution >= 4 is 24.0 Å². The Morgan fingerprint density at radius 3 is 2.18 bits per heavy atom. The average Bonchev–Trinajstić information content (AvgIpc) is 2.68. The SMILES string of the molecule is COc1cc(OC)c(OC)cc1/C=C/C(=O)OCC(=O)NC(=O)NCC(C)C. The first kappa shape index (κ1) is 22.8. The summed E-state index contributed by atoms with van der Waals surface area (Å²) in [6.07, 6.45) is 2.59. The smallest absolute Gasteiger partial charge is 0.331 e. The number of ether oxygens (including phenoxy) is 4. The fourth-order valence-electron chi connectivity index (χ4n) is 2.03. The number of carbonyl (C=O) groups is 3. The summed E-state index contributed by atoms with van der Waals surface area (Å²) in [5.41, 5.74) is 0.551. The molecule has 1 rings (SSSR count). The van der Waals surface area contributed by atoms with E-state index in [1.807, 2.05) is 13.8 Å². The van der Waals surface area contributed by atoms with Crippen molar-refractivity contribution in [1.82, 2.24) is 10.6 Å². The second-order valence-electron chi connectivity index (χ2n) is 6.04. The molecule has 0 aliphatic heterocycles. The summed E-state index contributed by atoms with van der Waals surface area (Å²) in [6, 6.07) is 2.61. The monoisotopic (exact) mass is 394 g/mol. The van der Waals surface area contributed by atoms with Gasteiger partial charge in [-0.3, -0.25) is 10.1 Å². The quantitative estimate of drug-likeness (QED) is 0.485. The Hall–Kier alpha value is -3.23. The summed E-state index contributed by atoms with van der Waals surface area (Å²) in [7, 11) is 4.46. The third-order valence-electron chi connectivity index (χ3n) is 3.40. The molecule has 1 aromatic rings. The molecule has 0 aliphatic rings. The van der Waals surface area contributed by atoms with Gasteiger partial charge in [0.05, 0.1) is 21.3 Å². The second-order valence-corrected chi connectivity index (χ2v) is 6.04. The van der Waals surface area contributed by atoms with Crippen LogP contribution in [0.4, 0.5) is 4.79 Å². The lowest BCUT2D eigenvalue weighted by molar-refractivity contribution is -0.143. The lowest BCUT2D eigenvalue weighted by atomic mass is 10.1. The minimum atomic E-state index is -0.755. The van der Waals surface area contributed by atoms with Gasteiger partial charge in [-0.15, -0.1) is 0 Å². The minimum absolute atomic E-state index is 0.248. The van der Waals surface area contributed by atoms with Crippen molar-refractivity contribution in [2.45, 2.75) is 13.8 Å². The first-order valence-corrected chi connectivity index (χ1v) is 8.53. The number of carbonyl (C=O) groups excluding carboxylic acids is 3. The predicted molar refractivity (Wildman–Crippen MR) is 102 cm³/mol. The Balaban J connectivity index is 2.62. The van der Waals surface area contributed by atoms with Gasteiger partial charge in [0.1, 0.15) is 5.75 Å². The van der Waals surface area contributed by atoms with E-state index in [0.717, 1.165) is 6.08 Å². The van der Waals surface area contributed by atoms with Crippen molar-refractivity contribution in [3.8, 4) is 17.2 Å². The van der Waals surface area contributed by atoms with Gasteiger partial charge in [0.15, 0.2) is 18.1 Å². The van der Waals surface area contributed by atoms with Crippen LogP contribution in [-0.2, 0) is 14.3 Å². The highest BCUT2D eigenvalue weighted by molar-refractivity contribution is 5.96. The van der Waals surface area contributed by atoms with Crippen LogP contribution in [0.3, 0.4) is 0 Å². The molecule has 0 bridgehead atoms. The van der Waals surface area contributed by atoms with E-state index in [1.165, 1.54) is 27.4 Å². The average molecular weight is 394 g/mol. The van der Waals surface area contributed by atoms with Gasteiger partial charge in [-0.2, -0.15) is 0 Å². The van der Waals surface area contributed by atoms with Crippen LogP contribution in [0.2, 0.25) is 0 Å². The number of esters is 1. The molecule has 0 aliphatic carbocycles. The van der Waals surface area contributed by atoms with Crippen molar-refractivity contribution in [1.29, 1.82) is 0 Å². The van der Waals surface area contributed by atoms with Crippen LogP contribution in [0, 0.1) is 5.92 Å². The van der Waals surface area contributed by atoms with Crippen molar-refractivity contribution < 1.29 is 33.3 Å². The van der Waals surface area contributed by atoms with E-state index in [-0.39, 0.29) is 5.92 Å². The Bertz CT molecular complexity index is 729. The zero-order chi connectivity index (χ0) is 21.1. The summed E-state index contributed by atoms with van der Waals surface area (Å²) in [6.45, 7) is 3.68. The maximum atomic E-state index is 11.8. The van der Waals surface area contributed by atoms with Crippen molar-refractivity contribution in [2.24, 2.45) is 5.92 Å². The van der Waals surface area contributed by atoms with Gasteiger partial charge >= 0.3 is 12.0 Å². The van der Waals surface area contributed by atoms with Gasteiger partial charge in [0.25, 0.3) is 5.91 Å². The zero-order valence-corrected chi connectivity index (χ0v) is 16.7. The van der Waals surface area contributed by atoms with Gasteiger partial charge in [-0.1, -0.05) is 13.8 Å². The normalized spacial score (nSPS) is 10.5. The molecule has 9 nitrogen and oxygen atoms in total. The number of urea groups is 1. The molecule has 9 heteroatoms. The van der Waals surface area contributed by atoms with Crippen LogP contribution < -0.4 is 24.8 Å². The van der Waals surface area contributed by atoms with Crippen molar-refractivity contribution in [3.05, 3.63) is 23.8 Å². The molecule has 154 valence electrons. The topological polar surface area (TPSA) is 112 Å². The molecule has 2 N–H and O–H groups in total. The molecule has 0 radical (unpaired) electrons. The van der Waals surface area contributed by atoms with Crippen molar-refractivity contribution in [2.75, 3.05) is 34.5 Å². The number of hydrogen-bond acceptors (Lipinski definition) is 7. The molecule has 28 heavy (non-hydrogen) atoms. The van der Waals surface area contributed by atoms with Gasteiger partial charge in [-0.25, -0.2) is 9.59 Å². The standard InChI is InChI=1S/C19H26N2O7/c1-12(2)10-20-19(24)21-17(22)11-28-18(23)7-6-13-8-15(26-4)16(27-5)9-14(13)25-3/h6-9,12H,10-11H2,1-5H3,(H2,20,21,22,24)/b7-6+. The lowest BCUT2D eigenvalue weighted by Crippen LogP contribution is -2.42. The van der Waals surface area contributed by atoms with Crippen LogP contribution in [0.1, 0.15) is 19.4 Å². The van der Waals surface area contributed by atoms with E-state index < -0.39 is 24.5 Å². The van der Waals surface area contributed by atoms with Crippen LogP contribution in [0.5, 0.6) is 17.2 Å². The Labute approximate surface area is 164 Å². The van der Waals surface area contributed by atoms with Crippen LogP contribution in [-0.4, -0.2) is 52.4 Å². The van der Waals surface area contributed by atoms with E-state index in [2.05, 4.69) is 10.6 Å². The minimum Gasteiger partial charge on any atom is -0.496 e. The maximum Gasteiger partial charge on any atom is 0.331 e. The number of amides is 3. The second kappa shape index (κ2) is 11.5. The summed E-state index contributed by atoms with van der Waals surface area (Å²) >= 11 is 0. The number of hydrogen-bond donors (Lipinski definition) is 2. The fraction of sp³-hybridized carbons (Fsp3) is 0.421. The Morgan fingerprint density at radius 1 is 1.00 bits per heavy atom. The van der Waals surface area contributed by atoms with E-state index in [0.29, 0.717) is 29.4 Å². The third-order valence-corrected chi connectivity index (χ3v) is 3.40. The molecule has 0 unspecified atom stereocenters. The van der Waals surface area contributed by atoms with Gasteiger partial charge in [0.2, 0.25) is 0 Å². The van der Waals surface area contributed by atoms with E-state index >= 15 is 0 Å². The Kier molecular flexibility index (Phi) is 9.35. The van der Waals surface area contributed by atoms with Gasteiger partial charge in [-0.05, 0) is 18.1 Å². The molecule has 3 amide bonds. The summed E-state index contributed by atoms with van der Waals surface area (Å²) in [4.78, 5) is 34.9. The first-order chi connectivity index (χ1) is 13.3. The molecule has 0 spiro atoms. The number of imide groups is 1. The maximum absolute atomic E-state index is 11.8. The van der Waals surface area contributed by atoms with E-state index in [9.17, 15) is 14.4 Å². The molecule has 0 heterocycles. The summed E-state index contributed by atoms with van der Waals surface area (Å²) in [5, 5.41) is 4.59. The van der Waals surface area contributed by atoms with Gasteiger partial charge < -0.3 is 24.3 Å². The highest BCUT2D eigenvalue weighted by Crippen LogP contribution is 2.35. The largest absolute Gasteiger partial charge is 0.496 e.